The molecule has 0 unspecified atom stereocenters. The van der Waals surface area contributed by atoms with E-state index in [1.54, 1.807) is 6.92 Å². The van der Waals surface area contributed by atoms with E-state index in [2.05, 4.69) is 9.84 Å². The van der Waals surface area contributed by atoms with E-state index in [0.717, 1.165) is 4.68 Å². The van der Waals surface area contributed by atoms with Crippen molar-refractivity contribution in [1.82, 2.24) is 9.78 Å². The maximum atomic E-state index is 11.9. The molecule has 0 saturated heterocycles. The highest BCUT2D eigenvalue weighted by atomic mass is 19.3. The van der Waals surface area contributed by atoms with Crippen molar-refractivity contribution < 1.29 is 18.3 Å². The first-order valence-corrected chi connectivity index (χ1v) is 4.11. The molecule has 0 spiro atoms. The van der Waals surface area contributed by atoms with Gasteiger partial charge in [-0.15, -0.1) is 0 Å². The number of nitrogens with zero attached hydrogens (tertiary/aromatic N) is 2. The predicted molar refractivity (Wildman–Crippen MR) is 44.2 cm³/mol. The molecule has 0 atom stereocenters. The van der Waals surface area contributed by atoms with Gasteiger partial charge < -0.3 is 4.74 Å². The van der Waals surface area contributed by atoms with Crippen molar-refractivity contribution >= 4 is 5.97 Å². The number of carbonyl (C=O) groups excluding carboxylic acids is 1. The Balaban J connectivity index is 2.63. The molecule has 6 heteroatoms. The molecule has 0 aromatic carbocycles. The average molecular weight is 204 g/mol. The molecule has 0 amide bonds. The molecule has 0 radical (unpaired) electrons. The van der Waals surface area contributed by atoms with Crippen molar-refractivity contribution in [2.45, 2.75) is 19.9 Å². The van der Waals surface area contributed by atoms with Crippen LogP contribution in [0.1, 0.15) is 17.3 Å². The fraction of sp³-hybridized carbons (Fsp3) is 0.500. The topological polar surface area (TPSA) is 44.1 Å². The average Bonchev–Trinajstić information content (AvgIpc) is 2.52. The van der Waals surface area contributed by atoms with Gasteiger partial charge in [0, 0.05) is 6.20 Å². The summed E-state index contributed by atoms with van der Waals surface area (Å²) in [6.07, 6.45) is -0.0326. The van der Waals surface area contributed by atoms with Crippen LogP contribution >= 0.6 is 0 Å². The van der Waals surface area contributed by atoms with E-state index in [9.17, 15) is 13.6 Å². The first-order valence-electron chi connectivity index (χ1n) is 4.11. The Morgan fingerprint density at radius 1 is 1.71 bits per heavy atom. The highest BCUT2D eigenvalue weighted by Crippen LogP contribution is 2.03. The van der Waals surface area contributed by atoms with Gasteiger partial charge in [0.25, 0.3) is 6.43 Å². The number of carbonyl (C=O) groups is 1. The van der Waals surface area contributed by atoms with Gasteiger partial charge >= 0.3 is 5.97 Å². The molecule has 78 valence electrons. The van der Waals surface area contributed by atoms with Crippen LogP contribution < -0.4 is 0 Å². The van der Waals surface area contributed by atoms with Gasteiger partial charge in [-0.25, -0.2) is 13.6 Å². The van der Waals surface area contributed by atoms with Crippen molar-refractivity contribution in [3.63, 3.8) is 0 Å². The van der Waals surface area contributed by atoms with Gasteiger partial charge in [0.2, 0.25) is 0 Å². The number of ether oxygens (including phenoxy) is 1. The fourth-order valence-corrected chi connectivity index (χ4v) is 0.925. The molecule has 1 heterocycles. The summed E-state index contributed by atoms with van der Waals surface area (Å²) in [5, 5.41) is 3.60. The zero-order valence-electron chi connectivity index (χ0n) is 7.61. The molecule has 0 aliphatic heterocycles. The smallest absolute Gasteiger partial charge is 0.341 e. The third-order valence-corrected chi connectivity index (χ3v) is 1.47. The molecular formula is C8H10F2N2O2. The molecule has 1 rings (SSSR count). The number of rotatable bonds is 4. The molecule has 4 nitrogen and oxygen atoms in total. The summed E-state index contributed by atoms with van der Waals surface area (Å²) < 4.78 is 29.5. The Morgan fingerprint density at radius 2 is 2.43 bits per heavy atom. The van der Waals surface area contributed by atoms with Crippen LogP contribution in [0.15, 0.2) is 12.4 Å². The van der Waals surface area contributed by atoms with Crippen LogP contribution in [0.3, 0.4) is 0 Å². The van der Waals surface area contributed by atoms with Gasteiger partial charge in [-0.2, -0.15) is 5.10 Å². The standard InChI is InChI=1S/C8H10F2N2O2/c1-2-14-8(13)6-3-11-12(4-6)5-7(9)10/h3-4,7H,2,5H2,1H3. The molecule has 0 N–H and O–H groups in total. The Hall–Kier alpha value is -1.46. The molecule has 0 aliphatic carbocycles. The van der Waals surface area contributed by atoms with Gasteiger partial charge in [-0.3, -0.25) is 4.68 Å². The Morgan fingerprint density at radius 3 is 3.00 bits per heavy atom. The zero-order valence-corrected chi connectivity index (χ0v) is 7.61. The molecule has 0 fully saturated rings. The van der Waals surface area contributed by atoms with Crippen LogP contribution in [-0.4, -0.2) is 28.8 Å². The van der Waals surface area contributed by atoms with Crippen molar-refractivity contribution in [3.8, 4) is 0 Å². The second-order valence-corrected chi connectivity index (χ2v) is 2.56. The van der Waals surface area contributed by atoms with Crippen LogP contribution in [0, 0.1) is 0 Å². The van der Waals surface area contributed by atoms with Crippen LogP contribution in [0.4, 0.5) is 8.78 Å². The highest BCUT2D eigenvalue weighted by Gasteiger charge is 2.11. The largest absolute Gasteiger partial charge is 0.462 e. The van der Waals surface area contributed by atoms with E-state index in [4.69, 9.17) is 0 Å². The van der Waals surface area contributed by atoms with Gasteiger partial charge in [-0.05, 0) is 6.92 Å². The maximum absolute atomic E-state index is 11.9. The number of esters is 1. The van der Waals surface area contributed by atoms with E-state index >= 15 is 0 Å². The highest BCUT2D eigenvalue weighted by molar-refractivity contribution is 5.88. The first-order chi connectivity index (χ1) is 6.63. The lowest BCUT2D eigenvalue weighted by Gasteiger charge is -1.98. The van der Waals surface area contributed by atoms with Gasteiger partial charge in [0.05, 0.1) is 18.4 Å². The second-order valence-electron chi connectivity index (χ2n) is 2.56. The summed E-state index contributed by atoms with van der Waals surface area (Å²) in [6.45, 7) is 1.40. The summed E-state index contributed by atoms with van der Waals surface area (Å²) in [7, 11) is 0. The summed E-state index contributed by atoms with van der Waals surface area (Å²) in [4.78, 5) is 11.1. The minimum atomic E-state index is -2.48. The van der Waals surface area contributed by atoms with E-state index < -0.39 is 18.9 Å². The van der Waals surface area contributed by atoms with Crippen LogP contribution in [0.5, 0.6) is 0 Å². The monoisotopic (exact) mass is 204 g/mol. The van der Waals surface area contributed by atoms with Crippen LogP contribution in [0.25, 0.3) is 0 Å². The molecule has 1 aromatic rings. The van der Waals surface area contributed by atoms with E-state index in [1.165, 1.54) is 12.4 Å². The minimum absolute atomic E-state index is 0.188. The zero-order chi connectivity index (χ0) is 10.6. The summed E-state index contributed by atoms with van der Waals surface area (Å²) in [5.74, 6) is -0.548. The number of alkyl halides is 2. The molecule has 0 aliphatic rings. The lowest BCUT2D eigenvalue weighted by molar-refractivity contribution is 0.0525. The molecule has 0 saturated carbocycles. The van der Waals surface area contributed by atoms with Gasteiger partial charge in [0.1, 0.15) is 6.54 Å². The van der Waals surface area contributed by atoms with Gasteiger partial charge in [0.15, 0.2) is 0 Å². The normalized spacial score (nSPS) is 10.6. The van der Waals surface area contributed by atoms with E-state index in [-0.39, 0.29) is 12.2 Å². The summed E-state index contributed by atoms with van der Waals surface area (Å²) >= 11 is 0. The molecular weight excluding hydrogens is 194 g/mol. The summed E-state index contributed by atoms with van der Waals surface area (Å²) in [5.41, 5.74) is 0.188. The second kappa shape index (κ2) is 4.69. The number of halogens is 2. The van der Waals surface area contributed by atoms with Crippen molar-refractivity contribution in [2.24, 2.45) is 0 Å². The van der Waals surface area contributed by atoms with E-state index in [0.29, 0.717) is 0 Å². The minimum Gasteiger partial charge on any atom is -0.462 e. The number of hydrogen-bond acceptors (Lipinski definition) is 3. The number of hydrogen-bond donors (Lipinski definition) is 0. The molecule has 0 bridgehead atoms. The third kappa shape index (κ3) is 2.79. The maximum Gasteiger partial charge on any atom is 0.341 e. The van der Waals surface area contributed by atoms with Crippen molar-refractivity contribution in [1.29, 1.82) is 0 Å². The van der Waals surface area contributed by atoms with Gasteiger partial charge in [-0.1, -0.05) is 0 Å². The van der Waals surface area contributed by atoms with Crippen molar-refractivity contribution in [3.05, 3.63) is 18.0 Å². The fourth-order valence-electron chi connectivity index (χ4n) is 0.925. The lowest BCUT2D eigenvalue weighted by Crippen LogP contribution is -2.07. The predicted octanol–water partition coefficient (Wildman–Crippen LogP) is 1.32. The van der Waals surface area contributed by atoms with Crippen LogP contribution in [0.2, 0.25) is 0 Å². The third-order valence-electron chi connectivity index (χ3n) is 1.47. The summed E-state index contributed by atoms with van der Waals surface area (Å²) in [6, 6.07) is 0. The first kappa shape index (κ1) is 10.6. The quantitative estimate of drug-likeness (QED) is 0.695. The SMILES string of the molecule is CCOC(=O)c1cnn(CC(F)F)c1. The van der Waals surface area contributed by atoms with Crippen LogP contribution in [-0.2, 0) is 11.3 Å². The molecule has 14 heavy (non-hydrogen) atoms. The van der Waals surface area contributed by atoms with E-state index in [1.807, 2.05) is 0 Å². The Kier molecular flexibility index (Phi) is 3.55. The Labute approximate surface area is 79.5 Å². The van der Waals surface area contributed by atoms with Crippen molar-refractivity contribution in [2.75, 3.05) is 6.61 Å². The lowest BCUT2D eigenvalue weighted by atomic mass is 10.4. The molecule has 1 aromatic heterocycles. The Bertz CT molecular complexity index is 312. The number of aromatic nitrogens is 2.